The number of nitrogens with zero attached hydrogens (tertiary/aromatic N) is 3. The summed E-state index contributed by atoms with van der Waals surface area (Å²) >= 11 is 0. The Bertz CT molecular complexity index is 833. The van der Waals surface area contributed by atoms with Crippen LogP contribution in [0.15, 0.2) is 85.5 Å². The zero-order chi connectivity index (χ0) is 18.0. The Morgan fingerprint density at radius 1 is 0.885 bits per heavy atom. The molecule has 0 saturated carbocycles. The van der Waals surface area contributed by atoms with Gasteiger partial charge in [-0.2, -0.15) is 0 Å². The fraction of sp³-hybridized carbons (Fsp3) is 0.136. The lowest BCUT2D eigenvalue weighted by molar-refractivity contribution is -0.126. The molecule has 4 nitrogen and oxygen atoms in total. The first-order chi connectivity index (χ1) is 12.8. The number of amides is 1. The van der Waals surface area contributed by atoms with Gasteiger partial charge in [-0.3, -0.25) is 14.8 Å². The van der Waals surface area contributed by atoms with Gasteiger partial charge in [-0.15, -0.1) is 0 Å². The molecule has 2 aromatic heterocycles. The number of carbonyl (C=O) groups is 1. The minimum atomic E-state index is -0.0124. The Morgan fingerprint density at radius 3 is 2.42 bits per heavy atom. The second kappa shape index (κ2) is 9.28. The molecule has 4 heteroatoms. The maximum Gasteiger partial charge on any atom is 0.246 e. The summed E-state index contributed by atoms with van der Waals surface area (Å²) in [5, 5.41) is 0. The van der Waals surface area contributed by atoms with Gasteiger partial charge in [0.1, 0.15) is 0 Å². The van der Waals surface area contributed by atoms with E-state index < -0.39 is 0 Å². The summed E-state index contributed by atoms with van der Waals surface area (Å²) in [5.41, 5.74) is 3.19. The molecule has 3 rings (SSSR count). The molecule has 0 unspecified atom stereocenters. The molecule has 0 saturated heterocycles. The largest absolute Gasteiger partial charge is 0.335 e. The van der Waals surface area contributed by atoms with Crippen LogP contribution in [0.25, 0.3) is 6.08 Å². The van der Waals surface area contributed by atoms with E-state index in [1.807, 2.05) is 47.4 Å². The van der Waals surface area contributed by atoms with E-state index in [1.54, 1.807) is 36.9 Å². The highest BCUT2D eigenvalue weighted by Gasteiger charge is 2.11. The summed E-state index contributed by atoms with van der Waals surface area (Å²) in [7, 11) is 0. The molecule has 0 spiro atoms. The van der Waals surface area contributed by atoms with Crippen molar-refractivity contribution in [2.24, 2.45) is 0 Å². The fourth-order valence-electron chi connectivity index (χ4n) is 2.63. The molecular formula is C22H21N3O. The van der Waals surface area contributed by atoms with Crippen molar-refractivity contribution in [2.75, 3.05) is 6.54 Å². The molecule has 130 valence electrons. The van der Waals surface area contributed by atoms with Crippen molar-refractivity contribution in [1.29, 1.82) is 0 Å². The molecule has 2 heterocycles. The Morgan fingerprint density at radius 2 is 1.69 bits per heavy atom. The highest BCUT2D eigenvalue weighted by molar-refractivity contribution is 5.91. The lowest BCUT2D eigenvalue weighted by atomic mass is 10.1. The zero-order valence-electron chi connectivity index (χ0n) is 14.5. The standard InChI is InChI=1S/C22H21N3O/c26-22(9-8-20-7-4-13-24-17-20)25(18-21-10-14-23-15-11-21)16-12-19-5-2-1-3-6-19/h1-11,13-15,17H,12,16,18H2/b9-8-. The normalized spacial score (nSPS) is 10.8. The van der Waals surface area contributed by atoms with Crippen LogP contribution in [0.1, 0.15) is 16.7 Å². The van der Waals surface area contributed by atoms with Gasteiger partial charge in [-0.25, -0.2) is 0 Å². The molecule has 0 atom stereocenters. The van der Waals surface area contributed by atoms with Crippen LogP contribution in [0.4, 0.5) is 0 Å². The number of benzene rings is 1. The molecule has 1 aromatic carbocycles. The van der Waals surface area contributed by atoms with Crippen molar-refractivity contribution in [3.05, 3.63) is 102 Å². The van der Waals surface area contributed by atoms with Gasteiger partial charge in [0.05, 0.1) is 0 Å². The summed E-state index contributed by atoms with van der Waals surface area (Å²) in [4.78, 5) is 22.7. The lowest BCUT2D eigenvalue weighted by Gasteiger charge is -2.21. The smallest absolute Gasteiger partial charge is 0.246 e. The molecule has 0 N–H and O–H groups in total. The van der Waals surface area contributed by atoms with Gasteiger partial charge < -0.3 is 4.90 Å². The van der Waals surface area contributed by atoms with E-state index in [2.05, 4.69) is 22.1 Å². The highest BCUT2D eigenvalue weighted by atomic mass is 16.2. The second-order valence-electron chi connectivity index (χ2n) is 5.97. The number of pyridine rings is 2. The number of hydrogen-bond donors (Lipinski definition) is 0. The van der Waals surface area contributed by atoms with Crippen molar-refractivity contribution in [3.63, 3.8) is 0 Å². The maximum absolute atomic E-state index is 12.7. The predicted molar refractivity (Wildman–Crippen MR) is 103 cm³/mol. The molecular weight excluding hydrogens is 322 g/mol. The fourth-order valence-corrected chi connectivity index (χ4v) is 2.63. The van der Waals surface area contributed by atoms with Crippen LogP contribution in [0.5, 0.6) is 0 Å². The third-order valence-corrected chi connectivity index (χ3v) is 4.05. The van der Waals surface area contributed by atoms with E-state index in [4.69, 9.17) is 0 Å². The van der Waals surface area contributed by atoms with Crippen LogP contribution in [-0.2, 0) is 17.8 Å². The van der Waals surface area contributed by atoms with E-state index in [9.17, 15) is 4.79 Å². The summed E-state index contributed by atoms with van der Waals surface area (Å²) in [6.45, 7) is 1.22. The first-order valence-electron chi connectivity index (χ1n) is 8.61. The quantitative estimate of drug-likeness (QED) is 0.614. The van der Waals surface area contributed by atoms with Crippen molar-refractivity contribution in [2.45, 2.75) is 13.0 Å². The average molecular weight is 343 g/mol. The predicted octanol–water partition coefficient (Wildman–Crippen LogP) is 3.76. The SMILES string of the molecule is O=C(/C=C\c1cccnc1)N(CCc1ccccc1)Cc1ccncc1. The van der Waals surface area contributed by atoms with Gasteiger partial charge in [0.25, 0.3) is 0 Å². The molecule has 3 aromatic rings. The van der Waals surface area contributed by atoms with Crippen LogP contribution in [0.2, 0.25) is 0 Å². The average Bonchev–Trinajstić information content (AvgIpc) is 2.71. The van der Waals surface area contributed by atoms with Gasteiger partial charge in [0.15, 0.2) is 0 Å². The Hall–Kier alpha value is -3.27. The van der Waals surface area contributed by atoms with Crippen LogP contribution >= 0.6 is 0 Å². The summed E-state index contributed by atoms with van der Waals surface area (Å²) in [6, 6.07) is 17.9. The number of carbonyl (C=O) groups excluding carboxylic acids is 1. The first-order valence-corrected chi connectivity index (χ1v) is 8.61. The molecule has 1 amide bonds. The minimum absolute atomic E-state index is 0.0124. The van der Waals surface area contributed by atoms with Crippen molar-refractivity contribution < 1.29 is 4.79 Å². The summed E-state index contributed by atoms with van der Waals surface area (Å²) in [5.74, 6) is -0.0124. The van der Waals surface area contributed by atoms with Gasteiger partial charge in [-0.05, 0) is 47.4 Å². The number of rotatable bonds is 7. The monoisotopic (exact) mass is 343 g/mol. The van der Waals surface area contributed by atoms with E-state index >= 15 is 0 Å². The van der Waals surface area contributed by atoms with Crippen molar-refractivity contribution in [1.82, 2.24) is 14.9 Å². The van der Waals surface area contributed by atoms with Crippen LogP contribution in [0.3, 0.4) is 0 Å². The molecule has 0 aliphatic rings. The molecule has 0 fully saturated rings. The maximum atomic E-state index is 12.7. The topological polar surface area (TPSA) is 46.1 Å². The highest BCUT2D eigenvalue weighted by Crippen LogP contribution is 2.09. The third kappa shape index (κ3) is 5.38. The van der Waals surface area contributed by atoms with Gasteiger partial charge in [-0.1, -0.05) is 36.4 Å². The molecule has 0 radical (unpaired) electrons. The van der Waals surface area contributed by atoms with Gasteiger partial charge in [0, 0.05) is 44.0 Å². The second-order valence-corrected chi connectivity index (χ2v) is 5.97. The van der Waals surface area contributed by atoms with Gasteiger partial charge >= 0.3 is 0 Å². The molecule has 0 bridgehead atoms. The number of aromatic nitrogens is 2. The van der Waals surface area contributed by atoms with E-state index in [0.717, 1.165) is 17.5 Å². The Kier molecular flexibility index (Phi) is 6.26. The summed E-state index contributed by atoms with van der Waals surface area (Å²) in [6.07, 6.45) is 11.2. The van der Waals surface area contributed by atoms with Crippen LogP contribution in [-0.4, -0.2) is 27.3 Å². The van der Waals surface area contributed by atoms with E-state index in [1.165, 1.54) is 5.56 Å². The zero-order valence-corrected chi connectivity index (χ0v) is 14.5. The van der Waals surface area contributed by atoms with Gasteiger partial charge in [0.2, 0.25) is 5.91 Å². The molecule has 0 aliphatic heterocycles. The Labute approximate surface area is 153 Å². The van der Waals surface area contributed by atoms with Crippen molar-refractivity contribution in [3.8, 4) is 0 Å². The third-order valence-electron chi connectivity index (χ3n) is 4.05. The number of hydrogen-bond acceptors (Lipinski definition) is 3. The summed E-state index contributed by atoms with van der Waals surface area (Å²) < 4.78 is 0. The minimum Gasteiger partial charge on any atom is -0.335 e. The van der Waals surface area contributed by atoms with Crippen LogP contribution < -0.4 is 0 Å². The van der Waals surface area contributed by atoms with E-state index in [0.29, 0.717) is 13.1 Å². The van der Waals surface area contributed by atoms with E-state index in [-0.39, 0.29) is 5.91 Å². The first kappa shape index (κ1) is 17.5. The molecule has 0 aliphatic carbocycles. The van der Waals surface area contributed by atoms with Crippen molar-refractivity contribution >= 4 is 12.0 Å². The Balaban J connectivity index is 1.70. The lowest BCUT2D eigenvalue weighted by Crippen LogP contribution is -2.31. The molecule has 26 heavy (non-hydrogen) atoms. The van der Waals surface area contributed by atoms with Crippen LogP contribution in [0, 0.1) is 0 Å².